The fourth-order valence-electron chi connectivity index (χ4n) is 3.31. The number of aromatic nitrogens is 4. The molecule has 9 heteroatoms. The number of pyridine rings is 1. The number of methoxy groups -OCH3 is 2. The number of benzene rings is 1. The zero-order valence-corrected chi connectivity index (χ0v) is 18.2. The lowest BCUT2D eigenvalue weighted by molar-refractivity contribution is 0.176. The number of halogens is 2. The topological polar surface area (TPSA) is 65.3 Å². The van der Waals surface area contributed by atoms with Gasteiger partial charge in [0.1, 0.15) is 12.4 Å². The summed E-state index contributed by atoms with van der Waals surface area (Å²) in [4.78, 5) is 6.37. The Morgan fingerprint density at radius 3 is 2.63 bits per heavy atom. The monoisotopic (exact) mass is 433 g/mol. The molecule has 2 heterocycles. The molecule has 1 unspecified atom stereocenters. The Bertz CT molecular complexity index is 980. The molecule has 0 N–H and O–H groups in total. The predicted molar refractivity (Wildman–Crippen MR) is 114 cm³/mol. The second-order valence-electron chi connectivity index (χ2n) is 6.83. The van der Waals surface area contributed by atoms with Crippen LogP contribution in [0.15, 0.2) is 36.5 Å². The molecule has 160 valence electrons. The summed E-state index contributed by atoms with van der Waals surface area (Å²) in [7, 11) is 3.18. The van der Waals surface area contributed by atoms with Crippen molar-refractivity contribution in [3.63, 3.8) is 0 Å². The summed E-state index contributed by atoms with van der Waals surface area (Å²) in [5.74, 6) is 1.37. The third-order valence-corrected chi connectivity index (χ3v) is 5.24. The molecule has 1 aromatic carbocycles. The maximum absolute atomic E-state index is 13.9. The zero-order valence-electron chi connectivity index (χ0n) is 17.5. The molecule has 0 amide bonds. The first-order chi connectivity index (χ1) is 14.5. The van der Waals surface area contributed by atoms with Crippen LogP contribution >= 0.6 is 11.6 Å². The van der Waals surface area contributed by atoms with Crippen LogP contribution < -0.4 is 9.64 Å². The van der Waals surface area contributed by atoms with Gasteiger partial charge >= 0.3 is 0 Å². The predicted octanol–water partition coefficient (Wildman–Crippen LogP) is 4.24. The quantitative estimate of drug-likeness (QED) is 0.503. The first kappa shape index (κ1) is 22.0. The lowest BCUT2D eigenvalue weighted by Gasteiger charge is -2.26. The minimum absolute atomic E-state index is 0.0295. The van der Waals surface area contributed by atoms with Gasteiger partial charge in [-0.05, 0) is 24.6 Å². The molecule has 0 saturated carbocycles. The van der Waals surface area contributed by atoms with E-state index in [2.05, 4.69) is 20.1 Å². The van der Waals surface area contributed by atoms with Crippen molar-refractivity contribution in [3.05, 3.63) is 58.8 Å². The van der Waals surface area contributed by atoms with Crippen LogP contribution in [0, 0.1) is 5.82 Å². The van der Waals surface area contributed by atoms with Crippen LogP contribution in [0.1, 0.15) is 31.2 Å². The van der Waals surface area contributed by atoms with Crippen molar-refractivity contribution in [2.24, 2.45) is 0 Å². The van der Waals surface area contributed by atoms with Gasteiger partial charge in [0.2, 0.25) is 11.8 Å². The van der Waals surface area contributed by atoms with Crippen LogP contribution in [0.3, 0.4) is 0 Å². The molecule has 0 bridgehead atoms. The van der Waals surface area contributed by atoms with Crippen molar-refractivity contribution in [1.29, 1.82) is 0 Å². The van der Waals surface area contributed by atoms with Crippen molar-refractivity contribution >= 4 is 17.5 Å². The normalized spacial score (nSPS) is 12.1. The molecule has 0 aliphatic heterocycles. The van der Waals surface area contributed by atoms with Crippen LogP contribution in [0.25, 0.3) is 5.69 Å². The number of hydrogen-bond donors (Lipinski definition) is 0. The molecule has 2 aromatic heterocycles. The van der Waals surface area contributed by atoms with Gasteiger partial charge in [-0.1, -0.05) is 30.7 Å². The van der Waals surface area contributed by atoms with Gasteiger partial charge in [0.25, 0.3) is 0 Å². The van der Waals surface area contributed by atoms with Crippen LogP contribution in [0.4, 0.5) is 10.3 Å². The Hall–Kier alpha value is -2.71. The Morgan fingerprint density at radius 1 is 1.20 bits per heavy atom. The van der Waals surface area contributed by atoms with E-state index in [0.29, 0.717) is 37.3 Å². The summed E-state index contributed by atoms with van der Waals surface area (Å²) >= 11 is 6.20. The standard InChI is InChI=1S/C21H25ClFN5O2/c1-5-27(12-14(2)16-7-6-8-17(23)20(16)22)21-26-25-18(13-29-3)28(21)15-9-10-19(30-4)24-11-15/h6-11,14H,5,12-13H2,1-4H3. The van der Waals surface area contributed by atoms with E-state index < -0.39 is 5.82 Å². The van der Waals surface area contributed by atoms with E-state index in [1.807, 2.05) is 30.5 Å². The van der Waals surface area contributed by atoms with Gasteiger partial charge in [0.15, 0.2) is 5.82 Å². The molecule has 3 aromatic rings. The Labute approximate surface area is 180 Å². The van der Waals surface area contributed by atoms with Gasteiger partial charge in [-0.25, -0.2) is 9.37 Å². The lowest BCUT2D eigenvalue weighted by Crippen LogP contribution is -2.30. The highest BCUT2D eigenvalue weighted by molar-refractivity contribution is 6.31. The second kappa shape index (κ2) is 9.86. The molecular formula is C21H25ClFN5O2. The van der Waals surface area contributed by atoms with Crippen LogP contribution in [-0.4, -0.2) is 47.1 Å². The number of anilines is 1. The molecule has 0 saturated heterocycles. The van der Waals surface area contributed by atoms with Crippen LogP contribution in [0.2, 0.25) is 5.02 Å². The van der Waals surface area contributed by atoms with Gasteiger partial charge in [-0.15, -0.1) is 10.2 Å². The first-order valence-corrected chi connectivity index (χ1v) is 10.00. The maximum atomic E-state index is 13.9. The summed E-state index contributed by atoms with van der Waals surface area (Å²) in [5.41, 5.74) is 1.54. The molecule has 3 rings (SSSR count). The zero-order chi connectivity index (χ0) is 21.7. The fraction of sp³-hybridized carbons (Fsp3) is 0.381. The third kappa shape index (κ3) is 4.55. The number of rotatable bonds is 9. The van der Waals surface area contributed by atoms with E-state index in [1.54, 1.807) is 32.5 Å². The van der Waals surface area contributed by atoms with Crippen molar-refractivity contribution in [1.82, 2.24) is 19.7 Å². The molecule has 0 spiro atoms. The van der Waals surface area contributed by atoms with E-state index in [1.165, 1.54) is 6.07 Å². The SMILES string of the molecule is CCN(CC(C)c1cccc(F)c1Cl)c1nnc(COC)n1-c1ccc(OC)nc1. The summed E-state index contributed by atoms with van der Waals surface area (Å²) in [6, 6.07) is 8.55. The highest BCUT2D eigenvalue weighted by Crippen LogP contribution is 2.29. The Morgan fingerprint density at radius 2 is 2.00 bits per heavy atom. The van der Waals surface area contributed by atoms with E-state index in [-0.39, 0.29) is 10.9 Å². The fourth-order valence-corrected chi connectivity index (χ4v) is 3.62. The number of nitrogens with zero attached hydrogens (tertiary/aromatic N) is 5. The van der Waals surface area contributed by atoms with Crippen LogP contribution in [0.5, 0.6) is 5.88 Å². The first-order valence-electron chi connectivity index (χ1n) is 9.62. The lowest BCUT2D eigenvalue weighted by atomic mass is 10.0. The number of hydrogen-bond acceptors (Lipinski definition) is 6. The van der Waals surface area contributed by atoms with Crippen molar-refractivity contribution in [2.45, 2.75) is 26.4 Å². The molecule has 0 aliphatic carbocycles. The van der Waals surface area contributed by atoms with Crippen LogP contribution in [-0.2, 0) is 11.3 Å². The van der Waals surface area contributed by atoms with Crippen molar-refractivity contribution in [2.75, 3.05) is 32.2 Å². The smallest absolute Gasteiger partial charge is 0.232 e. The summed E-state index contributed by atoms with van der Waals surface area (Å²) in [5, 5.41) is 8.87. The van der Waals surface area contributed by atoms with Gasteiger partial charge in [-0.3, -0.25) is 4.57 Å². The molecule has 7 nitrogen and oxygen atoms in total. The Balaban J connectivity index is 1.96. The summed E-state index contributed by atoms with van der Waals surface area (Å²) in [6.45, 7) is 5.58. The van der Waals surface area contributed by atoms with Crippen molar-refractivity contribution in [3.8, 4) is 11.6 Å². The molecule has 1 atom stereocenters. The summed E-state index contributed by atoms with van der Waals surface area (Å²) in [6.07, 6.45) is 1.70. The highest BCUT2D eigenvalue weighted by Gasteiger charge is 2.22. The number of ether oxygens (including phenoxy) is 2. The molecular weight excluding hydrogens is 409 g/mol. The largest absolute Gasteiger partial charge is 0.481 e. The maximum Gasteiger partial charge on any atom is 0.232 e. The van der Waals surface area contributed by atoms with Gasteiger partial charge < -0.3 is 14.4 Å². The average Bonchev–Trinajstić information content (AvgIpc) is 3.17. The van der Waals surface area contributed by atoms with E-state index in [4.69, 9.17) is 21.1 Å². The Kier molecular flexibility index (Phi) is 7.23. The average molecular weight is 434 g/mol. The summed E-state index contributed by atoms with van der Waals surface area (Å²) < 4.78 is 26.3. The van der Waals surface area contributed by atoms with Gasteiger partial charge in [-0.2, -0.15) is 0 Å². The minimum Gasteiger partial charge on any atom is -0.481 e. The van der Waals surface area contributed by atoms with E-state index in [0.717, 1.165) is 11.3 Å². The minimum atomic E-state index is -0.418. The van der Waals surface area contributed by atoms with E-state index in [9.17, 15) is 4.39 Å². The molecule has 0 fully saturated rings. The molecule has 0 aliphatic rings. The van der Waals surface area contributed by atoms with E-state index >= 15 is 0 Å². The number of likely N-dealkylation sites (N-methyl/N-ethyl adjacent to an activating group) is 1. The third-order valence-electron chi connectivity index (χ3n) is 4.85. The molecule has 0 radical (unpaired) electrons. The second-order valence-corrected chi connectivity index (χ2v) is 7.20. The van der Waals surface area contributed by atoms with Gasteiger partial charge in [0.05, 0.1) is 24.0 Å². The highest BCUT2D eigenvalue weighted by atomic mass is 35.5. The van der Waals surface area contributed by atoms with Gasteiger partial charge in [0, 0.05) is 32.2 Å². The molecule has 30 heavy (non-hydrogen) atoms. The van der Waals surface area contributed by atoms with Crippen molar-refractivity contribution < 1.29 is 13.9 Å².